The Morgan fingerprint density at radius 1 is 1.08 bits per heavy atom. The molecule has 0 heterocycles. The molecule has 1 aromatic rings. The molecule has 0 unspecified atom stereocenters. The Hall–Kier alpha value is -1.42. The SMILES string of the molecule is OCCCc1cc(O)cc(O)c1O. The maximum absolute atomic E-state index is 9.31. The van der Waals surface area contributed by atoms with Crippen molar-refractivity contribution in [2.24, 2.45) is 0 Å². The molecule has 0 spiro atoms. The minimum Gasteiger partial charge on any atom is -0.508 e. The van der Waals surface area contributed by atoms with Gasteiger partial charge in [-0.15, -0.1) is 0 Å². The smallest absolute Gasteiger partial charge is 0.161 e. The molecule has 0 aliphatic heterocycles. The molecule has 4 heteroatoms. The number of hydrogen-bond acceptors (Lipinski definition) is 4. The Morgan fingerprint density at radius 3 is 2.38 bits per heavy atom. The highest BCUT2D eigenvalue weighted by Crippen LogP contribution is 2.33. The van der Waals surface area contributed by atoms with Crippen LogP contribution in [0.15, 0.2) is 12.1 Å². The summed E-state index contributed by atoms with van der Waals surface area (Å²) in [6, 6.07) is 2.43. The van der Waals surface area contributed by atoms with E-state index in [9.17, 15) is 5.11 Å². The van der Waals surface area contributed by atoms with Crippen molar-refractivity contribution >= 4 is 0 Å². The second-order valence-corrected chi connectivity index (χ2v) is 2.80. The summed E-state index contributed by atoms with van der Waals surface area (Å²) in [6.45, 7) is 0.00978. The van der Waals surface area contributed by atoms with Crippen molar-refractivity contribution in [2.45, 2.75) is 12.8 Å². The summed E-state index contributed by atoms with van der Waals surface area (Å²) in [6.07, 6.45) is 0.904. The fourth-order valence-corrected chi connectivity index (χ4v) is 1.12. The normalized spacial score (nSPS) is 10.2. The number of benzene rings is 1. The van der Waals surface area contributed by atoms with E-state index >= 15 is 0 Å². The van der Waals surface area contributed by atoms with E-state index in [1.807, 2.05) is 0 Å². The lowest BCUT2D eigenvalue weighted by molar-refractivity contribution is 0.287. The standard InChI is InChI=1S/C9H12O4/c10-3-1-2-6-4-7(11)5-8(12)9(6)13/h4-5,10-13H,1-3H2. The first-order valence-corrected chi connectivity index (χ1v) is 4.00. The highest BCUT2D eigenvalue weighted by Gasteiger charge is 2.07. The van der Waals surface area contributed by atoms with E-state index < -0.39 is 0 Å². The van der Waals surface area contributed by atoms with Gasteiger partial charge in [0.25, 0.3) is 0 Å². The van der Waals surface area contributed by atoms with Crippen LogP contribution in [-0.4, -0.2) is 27.0 Å². The number of aliphatic hydroxyl groups excluding tert-OH is 1. The van der Waals surface area contributed by atoms with Crippen molar-refractivity contribution in [2.75, 3.05) is 6.61 Å². The molecule has 72 valence electrons. The van der Waals surface area contributed by atoms with Gasteiger partial charge in [0.15, 0.2) is 11.5 Å². The number of hydrogen-bond donors (Lipinski definition) is 4. The first kappa shape index (κ1) is 9.67. The first-order chi connectivity index (χ1) is 6.15. The van der Waals surface area contributed by atoms with Crippen molar-refractivity contribution in [3.63, 3.8) is 0 Å². The van der Waals surface area contributed by atoms with E-state index in [0.717, 1.165) is 6.07 Å². The molecule has 1 aromatic carbocycles. The van der Waals surface area contributed by atoms with Gasteiger partial charge < -0.3 is 20.4 Å². The number of rotatable bonds is 3. The zero-order chi connectivity index (χ0) is 9.84. The summed E-state index contributed by atoms with van der Waals surface area (Å²) in [4.78, 5) is 0. The second-order valence-electron chi connectivity index (χ2n) is 2.80. The van der Waals surface area contributed by atoms with E-state index in [1.165, 1.54) is 6.07 Å². The monoisotopic (exact) mass is 184 g/mol. The van der Waals surface area contributed by atoms with Crippen LogP contribution >= 0.6 is 0 Å². The molecule has 1 rings (SSSR count). The molecule has 0 atom stereocenters. The molecule has 0 radical (unpaired) electrons. The van der Waals surface area contributed by atoms with Crippen molar-refractivity contribution in [1.82, 2.24) is 0 Å². The Bertz CT molecular complexity index is 296. The zero-order valence-corrected chi connectivity index (χ0v) is 7.06. The van der Waals surface area contributed by atoms with Gasteiger partial charge in [-0.25, -0.2) is 0 Å². The van der Waals surface area contributed by atoms with Crippen LogP contribution in [0.1, 0.15) is 12.0 Å². The predicted octanol–water partition coefficient (Wildman–Crippen LogP) is 0.728. The third-order valence-electron chi connectivity index (χ3n) is 1.76. The van der Waals surface area contributed by atoms with E-state index in [1.54, 1.807) is 0 Å². The highest BCUT2D eigenvalue weighted by atomic mass is 16.3. The largest absolute Gasteiger partial charge is 0.508 e. The van der Waals surface area contributed by atoms with Gasteiger partial charge in [0.1, 0.15) is 5.75 Å². The molecule has 0 aliphatic rings. The maximum Gasteiger partial charge on any atom is 0.161 e. The summed E-state index contributed by atoms with van der Waals surface area (Å²) >= 11 is 0. The number of phenolic OH excluding ortho intramolecular Hbond substituents is 3. The molecule has 0 saturated heterocycles. The molecule has 0 aliphatic carbocycles. The summed E-state index contributed by atoms with van der Waals surface area (Å²) < 4.78 is 0. The number of aliphatic hydroxyl groups is 1. The van der Waals surface area contributed by atoms with Crippen LogP contribution in [0.25, 0.3) is 0 Å². The lowest BCUT2D eigenvalue weighted by Gasteiger charge is -2.05. The summed E-state index contributed by atoms with van der Waals surface area (Å²) in [5.41, 5.74) is 0.437. The van der Waals surface area contributed by atoms with Crippen LogP contribution in [-0.2, 0) is 6.42 Å². The Balaban J connectivity index is 2.92. The van der Waals surface area contributed by atoms with Crippen molar-refractivity contribution < 1.29 is 20.4 Å². The van der Waals surface area contributed by atoms with Gasteiger partial charge in [0.05, 0.1) is 0 Å². The zero-order valence-electron chi connectivity index (χ0n) is 7.06. The predicted molar refractivity (Wildman–Crippen MR) is 46.8 cm³/mol. The molecule has 13 heavy (non-hydrogen) atoms. The fourth-order valence-electron chi connectivity index (χ4n) is 1.12. The minimum absolute atomic E-state index is 0.00978. The molecule has 4 nitrogen and oxygen atoms in total. The van der Waals surface area contributed by atoms with Gasteiger partial charge >= 0.3 is 0 Å². The fraction of sp³-hybridized carbons (Fsp3) is 0.333. The van der Waals surface area contributed by atoms with Crippen LogP contribution in [0.5, 0.6) is 17.2 Å². The van der Waals surface area contributed by atoms with Crippen LogP contribution in [0.4, 0.5) is 0 Å². The second kappa shape index (κ2) is 4.00. The average Bonchev–Trinajstić information content (AvgIpc) is 2.09. The lowest BCUT2D eigenvalue weighted by atomic mass is 10.1. The summed E-state index contributed by atoms with van der Waals surface area (Å²) in [5, 5.41) is 36.0. The van der Waals surface area contributed by atoms with Gasteiger partial charge in [-0.2, -0.15) is 0 Å². The van der Waals surface area contributed by atoms with E-state index in [2.05, 4.69) is 0 Å². The molecule has 0 aromatic heterocycles. The quantitative estimate of drug-likeness (QED) is 0.412. The third-order valence-corrected chi connectivity index (χ3v) is 1.76. The molecule has 0 bridgehead atoms. The van der Waals surface area contributed by atoms with Gasteiger partial charge in [0.2, 0.25) is 0 Å². The van der Waals surface area contributed by atoms with Crippen LogP contribution in [0, 0.1) is 0 Å². The van der Waals surface area contributed by atoms with Crippen LogP contribution in [0.2, 0.25) is 0 Å². The van der Waals surface area contributed by atoms with Gasteiger partial charge in [0, 0.05) is 18.2 Å². The van der Waals surface area contributed by atoms with Crippen molar-refractivity contribution in [3.8, 4) is 17.2 Å². The number of phenols is 3. The highest BCUT2D eigenvalue weighted by molar-refractivity contribution is 5.49. The van der Waals surface area contributed by atoms with Crippen molar-refractivity contribution in [3.05, 3.63) is 17.7 Å². The van der Waals surface area contributed by atoms with Gasteiger partial charge in [-0.05, 0) is 18.9 Å². The summed E-state index contributed by atoms with van der Waals surface area (Å²) in [5.74, 6) is -0.664. The summed E-state index contributed by atoms with van der Waals surface area (Å²) in [7, 11) is 0. The van der Waals surface area contributed by atoms with Gasteiger partial charge in [-0.1, -0.05) is 0 Å². The minimum atomic E-state index is -0.340. The van der Waals surface area contributed by atoms with Gasteiger partial charge in [-0.3, -0.25) is 0 Å². The molecule has 0 fully saturated rings. The van der Waals surface area contributed by atoms with E-state index in [-0.39, 0.29) is 23.9 Å². The van der Waals surface area contributed by atoms with Crippen LogP contribution < -0.4 is 0 Å². The topological polar surface area (TPSA) is 80.9 Å². The number of aryl methyl sites for hydroxylation is 1. The van der Waals surface area contributed by atoms with Crippen LogP contribution in [0.3, 0.4) is 0 Å². The Kier molecular flexibility index (Phi) is 2.97. The maximum atomic E-state index is 9.31. The number of aromatic hydroxyl groups is 3. The van der Waals surface area contributed by atoms with E-state index in [4.69, 9.17) is 15.3 Å². The molecule has 4 N–H and O–H groups in total. The molecular formula is C9H12O4. The Labute approximate surface area is 75.7 Å². The Morgan fingerprint density at radius 2 is 1.77 bits per heavy atom. The first-order valence-electron chi connectivity index (χ1n) is 4.00. The molecular weight excluding hydrogens is 172 g/mol. The molecule has 0 amide bonds. The molecule has 0 saturated carbocycles. The lowest BCUT2D eigenvalue weighted by Crippen LogP contribution is -1.90. The third kappa shape index (κ3) is 2.26. The van der Waals surface area contributed by atoms with Crippen molar-refractivity contribution in [1.29, 1.82) is 0 Å². The van der Waals surface area contributed by atoms with E-state index in [0.29, 0.717) is 18.4 Å². The average molecular weight is 184 g/mol.